The summed E-state index contributed by atoms with van der Waals surface area (Å²) in [6, 6.07) is 10.6. The lowest BCUT2D eigenvalue weighted by Crippen LogP contribution is -2.57. The van der Waals surface area contributed by atoms with E-state index in [0.29, 0.717) is 22.4 Å². The first-order chi connectivity index (χ1) is 15.3. The average Bonchev–Trinajstić information content (AvgIpc) is 2.77. The minimum atomic E-state index is -0.493. The van der Waals surface area contributed by atoms with Gasteiger partial charge in [0, 0.05) is 6.20 Å². The van der Waals surface area contributed by atoms with E-state index in [0.717, 1.165) is 32.1 Å². The summed E-state index contributed by atoms with van der Waals surface area (Å²) in [5, 5.41) is 3.33. The summed E-state index contributed by atoms with van der Waals surface area (Å²) in [6.07, 6.45) is 7.45. The number of carbonyl (C=O) groups is 2. The Morgan fingerprint density at radius 1 is 1.12 bits per heavy atom. The molecule has 1 aromatic heterocycles. The van der Waals surface area contributed by atoms with Crippen molar-refractivity contribution >= 4 is 40.9 Å². The molecule has 168 valence electrons. The highest BCUT2D eigenvalue weighted by molar-refractivity contribution is 6.37. The molecular formula is C25H26Cl2N2O3. The van der Waals surface area contributed by atoms with E-state index in [1.54, 1.807) is 6.92 Å². The third-order valence-electron chi connectivity index (χ3n) is 7.67. The molecule has 7 heteroatoms. The highest BCUT2D eigenvalue weighted by atomic mass is 35.5. The second-order valence-electron chi connectivity index (χ2n) is 9.91. The molecule has 4 fully saturated rings. The molecule has 4 bridgehead atoms. The zero-order valence-electron chi connectivity index (χ0n) is 18.0. The molecule has 6 rings (SSSR count). The van der Waals surface area contributed by atoms with Gasteiger partial charge >= 0.3 is 5.97 Å². The van der Waals surface area contributed by atoms with Crippen molar-refractivity contribution in [2.75, 3.05) is 11.9 Å². The van der Waals surface area contributed by atoms with E-state index in [1.165, 1.54) is 18.2 Å². The van der Waals surface area contributed by atoms with Crippen LogP contribution in [0.25, 0.3) is 0 Å². The predicted octanol–water partition coefficient (Wildman–Crippen LogP) is 5.72. The Morgan fingerprint density at radius 2 is 1.81 bits per heavy atom. The van der Waals surface area contributed by atoms with Crippen molar-refractivity contribution < 1.29 is 14.3 Å². The number of carbonyl (C=O) groups excluding carboxylic acids is 2. The van der Waals surface area contributed by atoms with Crippen LogP contribution in [-0.4, -0.2) is 23.5 Å². The van der Waals surface area contributed by atoms with Crippen LogP contribution < -0.4 is 5.32 Å². The Bertz CT molecular complexity index is 1060. The molecule has 1 N–H and O–H groups in total. The van der Waals surface area contributed by atoms with Crippen LogP contribution in [0.5, 0.6) is 0 Å². The maximum absolute atomic E-state index is 13.3. The van der Waals surface area contributed by atoms with Crippen molar-refractivity contribution in [1.29, 1.82) is 0 Å². The molecular weight excluding hydrogens is 447 g/mol. The number of nitrogens with one attached hydrogen (secondary N) is 1. The molecule has 0 radical (unpaired) electrons. The molecule has 1 heterocycles. The van der Waals surface area contributed by atoms with Crippen LogP contribution in [0.2, 0.25) is 10.0 Å². The third kappa shape index (κ3) is 3.69. The Kier molecular flexibility index (Phi) is 5.45. The Morgan fingerprint density at radius 3 is 2.50 bits per heavy atom. The Balaban J connectivity index is 1.29. The lowest BCUT2D eigenvalue weighted by Gasteiger charge is -2.61. The monoisotopic (exact) mass is 472 g/mol. The maximum Gasteiger partial charge on any atom is 0.312 e. The first kappa shape index (κ1) is 21.7. The van der Waals surface area contributed by atoms with E-state index < -0.39 is 11.3 Å². The van der Waals surface area contributed by atoms with Gasteiger partial charge in [-0.1, -0.05) is 53.5 Å². The first-order valence-electron chi connectivity index (χ1n) is 11.1. The van der Waals surface area contributed by atoms with Gasteiger partial charge in [-0.05, 0) is 73.8 Å². The molecule has 4 aliphatic rings. The van der Waals surface area contributed by atoms with Crippen LogP contribution in [0.4, 0.5) is 5.82 Å². The normalized spacial score (nSPS) is 30.2. The number of ether oxygens (including phenoxy) is 1. The number of anilines is 1. The van der Waals surface area contributed by atoms with Gasteiger partial charge in [0.2, 0.25) is 0 Å². The SMILES string of the molecule is Cc1c(Cl)cnc(NC(=O)COC(=O)C23C[C@H]4C[C@@H](C2)CC(c2ccccc2)(C4)C3)c1Cl. The number of benzene rings is 1. The van der Waals surface area contributed by atoms with E-state index >= 15 is 0 Å². The lowest BCUT2D eigenvalue weighted by atomic mass is 9.43. The van der Waals surface area contributed by atoms with Gasteiger partial charge < -0.3 is 10.1 Å². The van der Waals surface area contributed by atoms with E-state index in [4.69, 9.17) is 27.9 Å². The Labute approximate surface area is 197 Å². The fraction of sp³-hybridized carbons (Fsp3) is 0.480. The number of aromatic nitrogens is 1. The van der Waals surface area contributed by atoms with E-state index in [2.05, 4.69) is 34.6 Å². The molecule has 4 aliphatic carbocycles. The molecule has 1 aromatic carbocycles. The largest absolute Gasteiger partial charge is 0.455 e. The number of pyridine rings is 1. The summed E-state index contributed by atoms with van der Waals surface area (Å²) >= 11 is 12.2. The van der Waals surface area contributed by atoms with Gasteiger partial charge in [-0.15, -0.1) is 0 Å². The number of hydrogen-bond acceptors (Lipinski definition) is 4. The molecule has 0 saturated heterocycles. The standard InChI is InChI=1S/C25H26Cl2N2O3/c1-15-19(26)12-28-22(21(15)27)29-20(30)13-32-23(31)25-10-16-7-17(11-25)9-24(8-16,14-25)18-5-3-2-4-6-18/h2-6,12,16-17H,7-11,13-14H2,1H3,(H,28,29,30)/t16-,17+,24?,25?. The summed E-state index contributed by atoms with van der Waals surface area (Å²) in [5.41, 5.74) is 1.52. The molecule has 0 aliphatic heterocycles. The molecule has 32 heavy (non-hydrogen) atoms. The molecule has 5 nitrogen and oxygen atoms in total. The van der Waals surface area contributed by atoms with E-state index in [-0.39, 0.29) is 28.8 Å². The van der Waals surface area contributed by atoms with Crippen molar-refractivity contribution in [1.82, 2.24) is 4.98 Å². The fourth-order valence-corrected chi connectivity index (χ4v) is 7.12. The van der Waals surface area contributed by atoms with Crippen LogP contribution >= 0.6 is 23.2 Å². The van der Waals surface area contributed by atoms with Gasteiger partial charge in [0.25, 0.3) is 5.91 Å². The van der Waals surface area contributed by atoms with Gasteiger partial charge in [-0.25, -0.2) is 4.98 Å². The number of esters is 1. The number of hydrogen-bond donors (Lipinski definition) is 1. The van der Waals surface area contributed by atoms with Crippen LogP contribution in [0.3, 0.4) is 0 Å². The molecule has 4 saturated carbocycles. The van der Waals surface area contributed by atoms with Gasteiger partial charge in [0.05, 0.1) is 15.5 Å². The second-order valence-corrected chi connectivity index (χ2v) is 10.7. The average molecular weight is 473 g/mol. The van der Waals surface area contributed by atoms with Gasteiger partial charge in [0.15, 0.2) is 12.4 Å². The number of rotatable bonds is 5. The van der Waals surface area contributed by atoms with Crippen molar-refractivity contribution in [3.63, 3.8) is 0 Å². The highest BCUT2D eigenvalue weighted by Gasteiger charge is 2.61. The quantitative estimate of drug-likeness (QED) is 0.565. The lowest BCUT2D eigenvalue weighted by molar-refractivity contribution is -0.175. The molecule has 2 unspecified atom stereocenters. The smallest absolute Gasteiger partial charge is 0.312 e. The van der Waals surface area contributed by atoms with Crippen molar-refractivity contribution in [3.05, 3.63) is 57.7 Å². The second kappa shape index (κ2) is 8.03. The predicted molar refractivity (Wildman–Crippen MR) is 124 cm³/mol. The molecule has 2 aromatic rings. The minimum Gasteiger partial charge on any atom is -0.455 e. The fourth-order valence-electron chi connectivity index (χ4n) is 6.73. The Hall–Kier alpha value is -2.11. The van der Waals surface area contributed by atoms with Crippen molar-refractivity contribution in [2.45, 2.75) is 50.9 Å². The summed E-state index contributed by atoms with van der Waals surface area (Å²) < 4.78 is 5.59. The van der Waals surface area contributed by atoms with Crippen LogP contribution in [-0.2, 0) is 19.7 Å². The van der Waals surface area contributed by atoms with Crippen LogP contribution in [0.15, 0.2) is 36.5 Å². The minimum absolute atomic E-state index is 0.0465. The zero-order valence-corrected chi connectivity index (χ0v) is 19.5. The maximum atomic E-state index is 13.3. The van der Waals surface area contributed by atoms with Gasteiger partial charge in [0.1, 0.15) is 0 Å². The zero-order chi connectivity index (χ0) is 22.5. The van der Waals surface area contributed by atoms with Crippen LogP contribution in [0.1, 0.15) is 49.7 Å². The number of amides is 1. The first-order valence-corrected chi connectivity index (χ1v) is 11.9. The number of halogens is 2. The van der Waals surface area contributed by atoms with E-state index in [1.807, 2.05) is 6.07 Å². The summed E-state index contributed by atoms with van der Waals surface area (Å²) in [7, 11) is 0. The summed E-state index contributed by atoms with van der Waals surface area (Å²) in [6.45, 7) is 1.39. The topological polar surface area (TPSA) is 68.3 Å². The summed E-state index contributed by atoms with van der Waals surface area (Å²) in [4.78, 5) is 29.9. The number of nitrogens with zero attached hydrogens (tertiary/aromatic N) is 1. The molecule has 4 atom stereocenters. The van der Waals surface area contributed by atoms with Gasteiger partial charge in [-0.2, -0.15) is 0 Å². The highest BCUT2D eigenvalue weighted by Crippen LogP contribution is 2.66. The van der Waals surface area contributed by atoms with E-state index in [9.17, 15) is 9.59 Å². The molecule has 0 spiro atoms. The van der Waals surface area contributed by atoms with Crippen molar-refractivity contribution in [3.8, 4) is 0 Å². The van der Waals surface area contributed by atoms with Crippen molar-refractivity contribution in [2.24, 2.45) is 17.3 Å². The summed E-state index contributed by atoms with van der Waals surface area (Å²) in [5.74, 6) is 0.591. The third-order valence-corrected chi connectivity index (χ3v) is 8.52. The van der Waals surface area contributed by atoms with Crippen LogP contribution in [0, 0.1) is 24.2 Å². The van der Waals surface area contributed by atoms with Gasteiger partial charge in [-0.3, -0.25) is 9.59 Å². The molecule has 1 amide bonds.